The van der Waals surface area contributed by atoms with Crippen LogP contribution in [0.5, 0.6) is 5.75 Å². The molecule has 2 atom stereocenters. The summed E-state index contributed by atoms with van der Waals surface area (Å²) in [6.45, 7) is 5.09. The van der Waals surface area contributed by atoms with Gasteiger partial charge in [0.2, 0.25) is 5.91 Å². The van der Waals surface area contributed by atoms with Crippen LogP contribution in [-0.4, -0.2) is 34.1 Å². The van der Waals surface area contributed by atoms with Crippen LogP contribution in [0.1, 0.15) is 49.4 Å². The summed E-state index contributed by atoms with van der Waals surface area (Å²) in [6, 6.07) is 25.0. The van der Waals surface area contributed by atoms with Gasteiger partial charge in [0.1, 0.15) is 23.3 Å². The van der Waals surface area contributed by atoms with Gasteiger partial charge in [0.05, 0.1) is 18.3 Å². The molecule has 0 radical (unpaired) electrons. The lowest BCUT2D eigenvalue weighted by Crippen LogP contribution is -2.32. The summed E-state index contributed by atoms with van der Waals surface area (Å²) in [6.07, 6.45) is 2.89. The van der Waals surface area contributed by atoms with E-state index in [9.17, 15) is 4.79 Å². The molecule has 8 heteroatoms. The number of rotatable bonds is 10. The van der Waals surface area contributed by atoms with Crippen LogP contribution in [0.3, 0.4) is 0 Å². The first kappa shape index (κ1) is 26.4. The van der Waals surface area contributed by atoms with E-state index >= 15 is 0 Å². The van der Waals surface area contributed by atoms with Crippen molar-refractivity contribution in [3.05, 3.63) is 102 Å². The van der Waals surface area contributed by atoms with Crippen molar-refractivity contribution < 1.29 is 13.9 Å². The quantitative estimate of drug-likeness (QED) is 0.228. The Morgan fingerprint density at radius 3 is 2.59 bits per heavy atom. The third kappa shape index (κ3) is 5.96. The Bertz CT molecular complexity index is 1420. The van der Waals surface area contributed by atoms with Crippen molar-refractivity contribution in [1.29, 1.82) is 0 Å². The van der Waals surface area contributed by atoms with Crippen molar-refractivity contribution in [1.82, 2.24) is 15.2 Å². The Labute approximate surface area is 234 Å². The Hall–Kier alpha value is -4.17. The molecule has 0 spiro atoms. The lowest BCUT2D eigenvalue weighted by atomic mass is 10.0. The molecule has 1 fully saturated rings. The van der Waals surface area contributed by atoms with Crippen molar-refractivity contribution >= 4 is 28.9 Å². The number of para-hydroxylation sites is 1. The maximum atomic E-state index is 13.0. The number of carbonyl (C=O) groups excluding carboxylic acids is 1. The summed E-state index contributed by atoms with van der Waals surface area (Å²) in [5, 5.41) is 7.05. The Kier molecular flexibility index (Phi) is 8.22. The summed E-state index contributed by atoms with van der Waals surface area (Å²) >= 11 is 5.76. The SMILES string of the molecule is CCOc1ccc(-c2ccc(C3C(c4ccccn4)NC(=S)N3CCC(=O)Nc3ccccc3CC)o2)cc1. The minimum atomic E-state index is -0.264. The van der Waals surface area contributed by atoms with Crippen LogP contribution in [0.4, 0.5) is 5.69 Å². The van der Waals surface area contributed by atoms with Gasteiger partial charge in [-0.3, -0.25) is 9.78 Å². The van der Waals surface area contributed by atoms with Gasteiger partial charge in [-0.15, -0.1) is 0 Å². The molecule has 3 heterocycles. The first-order chi connectivity index (χ1) is 19.1. The van der Waals surface area contributed by atoms with Gasteiger partial charge in [0.15, 0.2) is 5.11 Å². The maximum Gasteiger partial charge on any atom is 0.226 e. The average Bonchev–Trinajstić information content (AvgIpc) is 3.58. The van der Waals surface area contributed by atoms with Crippen LogP contribution in [-0.2, 0) is 11.2 Å². The number of carbonyl (C=O) groups is 1. The largest absolute Gasteiger partial charge is 0.494 e. The molecule has 5 rings (SSSR count). The first-order valence-corrected chi connectivity index (χ1v) is 13.7. The number of hydrogen-bond donors (Lipinski definition) is 2. The molecule has 2 aromatic carbocycles. The topological polar surface area (TPSA) is 79.6 Å². The fourth-order valence-corrected chi connectivity index (χ4v) is 5.22. The standard InChI is InChI=1S/C31H32N4O3S/c1-3-21-9-5-6-10-24(21)33-28(36)18-20-35-30(29(34-31(35)39)25-11-7-8-19-32-25)27-17-16-26(38-27)22-12-14-23(15-13-22)37-4-2/h5-17,19,29-30H,3-4,18,20H2,1-2H3,(H,33,36)(H,34,39). The number of furan rings is 1. The zero-order chi connectivity index (χ0) is 27.2. The summed E-state index contributed by atoms with van der Waals surface area (Å²) in [7, 11) is 0. The molecule has 7 nitrogen and oxygen atoms in total. The normalized spacial score (nSPS) is 16.7. The van der Waals surface area contributed by atoms with Gasteiger partial charge >= 0.3 is 0 Å². The number of amides is 1. The molecule has 39 heavy (non-hydrogen) atoms. The zero-order valence-corrected chi connectivity index (χ0v) is 22.9. The van der Waals surface area contributed by atoms with Gasteiger partial charge in [0, 0.05) is 30.4 Å². The van der Waals surface area contributed by atoms with Crippen LogP contribution in [0.2, 0.25) is 0 Å². The summed E-state index contributed by atoms with van der Waals surface area (Å²) in [5.74, 6) is 2.26. The predicted molar refractivity (Wildman–Crippen MR) is 157 cm³/mol. The summed E-state index contributed by atoms with van der Waals surface area (Å²) in [4.78, 5) is 19.6. The van der Waals surface area contributed by atoms with Crippen molar-refractivity contribution in [2.45, 2.75) is 38.8 Å². The molecule has 2 N–H and O–H groups in total. The molecule has 2 aromatic heterocycles. The number of aromatic nitrogens is 1. The molecule has 0 aliphatic carbocycles. The Morgan fingerprint density at radius 2 is 1.85 bits per heavy atom. The summed E-state index contributed by atoms with van der Waals surface area (Å²) < 4.78 is 12.0. The molecular formula is C31H32N4O3S. The highest BCUT2D eigenvalue weighted by molar-refractivity contribution is 7.80. The van der Waals surface area contributed by atoms with Gasteiger partial charge in [-0.25, -0.2) is 0 Å². The lowest BCUT2D eigenvalue weighted by molar-refractivity contribution is -0.116. The third-order valence-electron chi connectivity index (χ3n) is 6.82. The monoisotopic (exact) mass is 540 g/mol. The van der Waals surface area contributed by atoms with Gasteiger partial charge in [0.25, 0.3) is 0 Å². The zero-order valence-electron chi connectivity index (χ0n) is 22.1. The molecule has 1 saturated heterocycles. The van der Waals surface area contributed by atoms with E-state index in [0.717, 1.165) is 46.2 Å². The van der Waals surface area contributed by atoms with Crippen molar-refractivity contribution in [3.63, 3.8) is 0 Å². The van der Waals surface area contributed by atoms with E-state index in [1.807, 2.05) is 90.7 Å². The first-order valence-electron chi connectivity index (χ1n) is 13.3. The third-order valence-corrected chi connectivity index (χ3v) is 7.17. The van der Waals surface area contributed by atoms with Gasteiger partial charge in [-0.1, -0.05) is 31.2 Å². The molecule has 200 valence electrons. The maximum absolute atomic E-state index is 13.0. The number of ether oxygens (including phenoxy) is 1. The van der Waals surface area contributed by atoms with E-state index in [0.29, 0.717) is 18.3 Å². The van der Waals surface area contributed by atoms with E-state index < -0.39 is 0 Å². The fourth-order valence-electron chi connectivity index (χ4n) is 4.89. The van der Waals surface area contributed by atoms with Crippen molar-refractivity contribution in [2.24, 2.45) is 0 Å². The van der Waals surface area contributed by atoms with Crippen LogP contribution in [0, 0.1) is 0 Å². The minimum Gasteiger partial charge on any atom is -0.494 e. The molecule has 1 aliphatic heterocycles. The smallest absolute Gasteiger partial charge is 0.226 e. The molecule has 1 aliphatic rings. The molecule has 1 amide bonds. The van der Waals surface area contributed by atoms with E-state index in [1.54, 1.807) is 6.20 Å². The fraction of sp³-hybridized carbons (Fsp3) is 0.258. The number of nitrogens with zero attached hydrogens (tertiary/aromatic N) is 2. The second-order valence-electron chi connectivity index (χ2n) is 9.29. The van der Waals surface area contributed by atoms with Gasteiger partial charge in [-0.2, -0.15) is 0 Å². The second-order valence-corrected chi connectivity index (χ2v) is 9.67. The number of benzene rings is 2. The van der Waals surface area contributed by atoms with Crippen LogP contribution < -0.4 is 15.4 Å². The molecular weight excluding hydrogens is 508 g/mol. The summed E-state index contributed by atoms with van der Waals surface area (Å²) in [5.41, 5.74) is 3.76. The van der Waals surface area contributed by atoms with E-state index in [4.69, 9.17) is 21.4 Å². The Balaban J connectivity index is 1.38. The average molecular weight is 541 g/mol. The van der Waals surface area contributed by atoms with E-state index in [1.165, 1.54) is 0 Å². The van der Waals surface area contributed by atoms with E-state index in [2.05, 4.69) is 22.5 Å². The molecule has 4 aromatic rings. The van der Waals surface area contributed by atoms with E-state index in [-0.39, 0.29) is 24.4 Å². The van der Waals surface area contributed by atoms with Gasteiger partial charge < -0.3 is 24.7 Å². The van der Waals surface area contributed by atoms with Crippen LogP contribution >= 0.6 is 12.2 Å². The minimum absolute atomic E-state index is 0.0618. The van der Waals surface area contributed by atoms with Crippen LogP contribution in [0.25, 0.3) is 11.3 Å². The van der Waals surface area contributed by atoms with Crippen LogP contribution in [0.15, 0.2) is 89.5 Å². The predicted octanol–water partition coefficient (Wildman–Crippen LogP) is 6.30. The Morgan fingerprint density at radius 1 is 1.05 bits per heavy atom. The number of nitrogens with one attached hydrogen (secondary N) is 2. The van der Waals surface area contributed by atoms with Crippen molar-refractivity contribution in [2.75, 3.05) is 18.5 Å². The highest BCUT2D eigenvalue weighted by Crippen LogP contribution is 2.40. The molecule has 2 unspecified atom stereocenters. The van der Waals surface area contributed by atoms with Crippen molar-refractivity contribution in [3.8, 4) is 17.1 Å². The number of hydrogen-bond acceptors (Lipinski definition) is 5. The molecule has 0 saturated carbocycles. The molecule has 0 bridgehead atoms. The lowest BCUT2D eigenvalue weighted by Gasteiger charge is -2.26. The second kappa shape index (κ2) is 12.1. The number of thiocarbonyl (C=S) groups is 1. The highest BCUT2D eigenvalue weighted by atomic mass is 32.1. The van der Waals surface area contributed by atoms with Gasteiger partial charge in [-0.05, 0) is 85.7 Å². The number of anilines is 1. The number of aryl methyl sites for hydroxylation is 1. The highest BCUT2D eigenvalue weighted by Gasteiger charge is 2.41. The number of pyridine rings is 1.